The maximum Gasteiger partial charge on any atom is 0.138 e. The minimum absolute atomic E-state index is 0.123. The van der Waals surface area contributed by atoms with Gasteiger partial charge in [-0.25, -0.2) is 9.97 Å². The van der Waals surface area contributed by atoms with Gasteiger partial charge in [0.2, 0.25) is 0 Å². The van der Waals surface area contributed by atoms with Gasteiger partial charge in [0, 0.05) is 17.5 Å². The lowest BCUT2D eigenvalue weighted by molar-refractivity contribution is 0.178. The average Bonchev–Trinajstić information content (AvgIpc) is 2.75. The molecule has 0 bridgehead atoms. The first-order chi connectivity index (χ1) is 9.27. The van der Waals surface area contributed by atoms with Gasteiger partial charge in [-0.2, -0.15) is 0 Å². The first-order valence-corrected chi connectivity index (χ1v) is 7.34. The molecule has 0 spiro atoms. The number of aliphatic hydroxyl groups is 1. The fourth-order valence-corrected chi connectivity index (χ4v) is 2.52. The number of nitrogens with zero attached hydrogens (tertiary/aromatic N) is 2. The highest BCUT2D eigenvalue weighted by atomic mass is 16.3. The molecule has 1 aliphatic rings. The van der Waals surface area contributed by atoms with E-state index in [0.717, 1.165) is 43.0 Å². The van der Waals surface area contributed by atoms with Gasteiger partial charge in [-0.1, -0.05) is 20.8 Å². The molecule has 1 aliphatic carbocycles. The summed E-state index contributed by atoms with van der Waals surface area (Å²) in [7, 11) is 0. The summed E-state index contributed by atoms with van der Waals surface area (Å²) in [4.78, 5) is 9.00. The highest BCUT2D eigenvalue weighted by molar-refractivity contribution is 5.55. The van der Waals surface area contributed by atoms with Gasteiger partial charge in [-0.3, -0.25) is 0 Å². The Morgan fingerprint density at radius 3 is 2.55 bits per heavy atom. The molecule has 0 radical (unpaired) electrons. The molecule has 2 unspecified atom stereocenters. The van der Waals surface area contributed by atoms with E-state index in [1.807, 2.05) is 6.92 Å². The number of nitrogens with one attached hydrogen (secondary N) is 1. The van der Waals surface area contributed by atoms with Crippen LogP contribution in [0.2, 0.25) is 0 Å². The number of anilines is 2. The van der Waals surface area contributed by atoms with E-state index in [0.29, 0.717) is 11.7 Å². The first kappa shape index (κ1) is 15.0. The van der Waals surface area contributed by atoms with Crippen molar-refractivity contribution in [3.63, 3.8) is 0 Å². The predicted molar refractivity (Wildman–Crippen MR) is 81.7 cm³/mol. The lowest BCUT2D eigenvalue weighted by Crippen LogP contribution is -2.21. The summed E-state index contributed by atoms with van der Waals surface area (Å²) in [5.41, 5.74) is 6.77. The van der Waals surface area contributed by atoms with Crippen LogP contribution in [0.25, 0.3) is 0 Å². The molecular weight excluding hydrogens is 252 g/mol. The van der Waals surface area contributed by atoms with E-state index in [2.05, 4.69) is 36.1 Å². The fraction of sp³-hybridized carbons (Fsp3) is 0.733. The molecule has 0 amide bonds. The largest absolute Gasteiger partial charge is 0.393 e. The molecule has 0 saturated heterocycles. The molecule has 5 heteroatoms. The van der Waals surface area contributed by atoms with Gasteiger partial charge in [-0.05, 0) is 32.1 Å². The van der Waals surface area contributed by atoms with Gasteiger partial charge in [0.25, 0.3) is 0 Å². The van der Waals surface area contributed by atoms with Crippen LogP contribution in [0.4, 0.5) is 11.6 Å². The van der Waals surface area contributed by atoms with Gasteiger partial charge in [-0.15, -0.1) is 0 Å². The standard InChI is InChI=1S/C15H26N4O/c1-9-12(16)18-14(15(2,3)4)19-13(9)17-8-10-5-6-11(20)7-10/h10-11,20H,5-8H2,1-4H3,(H3,16,17,18,19). The fourth-order valence-electron chi connectivity index (χ4n) is 2.52. The van der Waals surface area contributed by atoms with Crippen LogP contribution in [-0.4, -0.2) is 27.7 Å². The first-order valence-electron chi connectivity index (χ1n) is 7.34. The highest BCUT2D eigenvalue weighted by Gasteiger charge is 2.24. The maximum absolute atomic E-state index is 9.57. The molecule has 2 atom stereocenters. The average molecular weight is 278 g/mol. The van der Waals surface area contributed by atoms with Crippen molar-refractivity contribution in [1.82, 2.24) is 9.97 Å². The summed E-state index contributed by atoms with van der Waals surface area (Å²) in [5.74, 6) is 2.64. The van der Waals surface area contributed by atoms with Crippen molar-refractivity contribution in [2.45, 2.75) is 58.5 Å². The van der Waals surface area contributed by atoms with Crippen LogP contribution in [0, 0.1) is 12.8 Å². The molecular formula is C15H26N4O. The second kappa shape index (κ2) is 5.56. The van der Waals surface area contributed by atoms with Crippen LogP contribution >= 0.6 is 0 Å². The molecule has 1 aromatic heterocycles. The molecule has 2 rings (SSSR count). The second-order valence-corrected chi connectivity index (χ2v) is 6.87. The van der Waals surface area contributed by atoms with Crippen LogP contribution in [-0.2, 0) is 5.41 Å². The zero-order chi connectivity index (χ0) is 14.9. The summed E-state index contributed by atoms with van der Waals surface area (Å²) >= 11 is 0. The van der Waals surface area contributed by atoms with Crippen molar-refractivity contribution in [3.05, 3.63) is 11.4 Å². The van der Waals surface area contributed by atoms with Gasteiger partial charge >= 0.3 is 0 Å². The van der Waals surface area contributed by atoms with Crippen molar-refractivity contribution < 1.29 is 5.11 Å². The van der Waals surface area contributed by atoms with Gasteiger partial charge in [0.15, 0.2) is 0 Å². The van der Waals surface area contributed by atoms with Gasteiger partial charge in [0.05, 0.1) is 6.10 Å². The highest BCUT2D eigenvalue weighted by Crippen LogP contribution is 2.28. The van der Waals surface area contributed by atoms with Crippen LogP contribution in [0.5, 0.6) is 0 Å². The zero-order valence-electron chi connectivity index (χ0n) is 12.9. The molecule has 20 heavy (non-hydrogen) atoms. The van der Waals surface area contributed by atoms with Crippen molar-refractivity contribution in [2.24, 2.45) is 5.92 Å². The van der Waals surface area contributed by atoms with E-state index in [9.17, 15) is 5.11 Å². The van der Waals surface area contributed by atoms with Gasteiger partial charge < -0.3 is 16.2 Å². The van der Waals surface area contributed by atoms with E-state index in [1.54, 1.807) is 0 Å². The maximum atomic E-state index is 9.57. The zero-order valence-corrected chi connectivity index (χ0v) is 12.9. The normalized spacial score (nSPS) is 23.1. The summed E-state index contributed by atoms with van der Waals surface area (Å²) in [6, 6.07) is 0. The van der Waals surface area contributed by atoms with E-state index in [4.69, 9.17) is 5.73 Å². The molecule has 1 fully saturated rings. The molecule has 1 heterocycles. The van der Waals surface area contributed by atoms with Crippen LogP contribution < -0.4 is 11.1 Å². The molecule has 0 aliphatic heterocycles. The minimum atomic E-state index is -0.136. The van der Waals surface area contributed by atoms with Crippen molar-refractivity contribution >= 4 is 11.6 Å². The Bertz CT molecular complexity index is 481. The number of rotatable bonds is 3. The molecule has 0 aromatic carbocycles. The number of nitrogens with two attached hydrogens (primary N) is 1. The van der Waals surface area contributed by atoms with Crippen LogP contribution in [0.3, 0.4) is 0 Å². The number of aromatic nitrogens is 2. The van der Waals surface area contributed by atoms with E-state index >= 15 is 0 Å². The van der Waals surface area contributed by atoms with Crippen molar-refractivity contribution in [2.75, 3.05) is 17.6 Å². The molecule has 112 valence electrons. The Morgan fingerprint density at radius 1 is 1.30 bits per heavy atom. The Morgan fingerprint density at radius 2 is 2.00 bits per heavy atom. The molecule has 1 aromatic rings. The smallest absolute Gasteiger partial charge is 0.138 e. The number of hydrogen-bond donors (Lipinski definition) is 3. The third kappa shape index (κ3) is 3.39. The summed E-state index contributed by atoms with van der Waals surface area (Å²) < 4.78 is 0. The second-order valence-electron chi connectivity index (χ2n) is 6.87. The Kier molecular flexibility index (Phi) is 4.18. The summed E-state index contributed by atoms with van der Waals surface area (Å²) in [6.07, 6.45) is 2.71. The topological polar surface area (TPSA) is 84.1 Å². The van der Waals surface area contributed by atoms with E-state index < -0.39 is 0 Å². The minimum Gasteiger partial charge on any atom is -0.393 e. The van der Waals surface area contributed by atoms with Crippen molar-refractivity contribution in [1.29, 1.82) is 0 Å². The SMILES string of the molecule is Cc1c(N)nc(C(C)(C)C)nc1NCC1CCC(O)C1. The van der Waals surface area contributed by atoms with E-state index in [-0.39, 0.29) is 11.5 Å². The third-order valence-corrected chi connectivity index (χ3v) is 3.93. The molecule has 4 N–H and O–H groups in total. The monoisotopic (exact) mass is 278 g/mol. The summed E-state index contributed by atoms with van der Waals surface area (Å²) in [6.45, 7) is 9.00. The van der Waals surface area contributed by atoms with Gasteiger partial charge in [0.1, 0.15) is 17.5 Å². The Labute approximate surface area is 121 Å². The number of aliphatic hydroxyl groups excluding tert-OH is 1. The van der Waals surface area contributed by atoms with Crippen LogP contribution in [0.1, 0.15) is 51.4 Å². The Hall–Kier alpha value is -1.36. The summed E-state index contributed by atoms with van der Waals surface area (Å²) in [5, 5.41) is 13.0. The predicted octanol–water partition coefficient (Wildman–Crippen LogP) is 2.24. The lowest BCUT2D eigenvalue weighted by atomic mass is 9.95. The quantitative estimate of drug-likeness (QED) is 0.789. The lowest BCUT2D eigenvalue weighted by Gasteiger charge is -2.20. The Balaban J connectivity index is 2.12. The number of hydrogen-bond acceptors (Lipinski definition) is 5. The van der Waals surface area contributed by atoms with E-state index in [1.165, 1.54) is 0 Å². The van der Waals surface area contributed by atoms with Crippen molar-refractivity contribution in [3.8, 4) is 0 Å². The third-order valence-electron chi connectivity index (χ3n) is 3.93. The van der Waals surface area contributed by atoms with Crippen LogP contribution in [0.15, 0.2) is 0 Å². The number of nitrogen functional groups attached to an aromatic ring is 1. The molecule has 1 saturated carbocycles. The molecule has 5 nitrogen and oxygen atoms in total.